The van der Waals surface area contributed by atoms with Crippen LogP contribution in [-0.4, -0.2) is 11.4 Å². The van der Waals surface area contributed by atoms with E-state index in [1.165, 1.54) is 0 Å². The molecule has 0 aromatic carbocycles. The van der Waals surface area contributed by atoms with Gasteiger partial charge in [0, 0.05) is 5.92 Å². The highest BCUT2D eigenvalue weighted by molar-refractivity contribution is 14.1. The highest BCUT2D eigenvalue weighted by Crippen LogP contribution is 2.28. The highest BCUT2D eigenvalue weighted by atomic mass is 127. The van der Waals surface area contributed by atoms with Crippen LogP contribution < -0.4 is 0 Å². The Labute approximate surface area is 84.2 Å². The third-order valence-electron chi connectivity index (χ3n) is 1.35. The quantitative estimate of drug-likeness (QED) is 0.616. The predicted octanol–water partition coefficient (Wildman–Crippen LogP) is 3.12. The van der Waals surface area contributed by atoms with E-state index < -0.39 is 0 Å². The first-order valence-corrected chi connectivity index (χ1v) is 5.66. The van der Waals surface area contributed by atoms with Crippen molar-refractivity contribution in [2.75, 3.05) is 6.26 Å². The van der Waals surface area contributed by atoms with Gasteiger partial charge in [0.2, 0.25) is 0 Å². The van der Waals surface area contributed by atoms with Crippen molar-refractivity contribution >= 4 is 34.4 Å². The van der Waals surface area contributed by atoms with Gasteiger partial charge in [-0.2, -0.15) is 0 Å². The molecule has 0 saturated heterocycles. The summed E-state index contributed by atoms with van der Waals surface area (Å²) in [6.45, 7) is 4.21. The molecular formula is C7H10INOS. The van der Waals surface area contributed by atoms with Gasteiger partial charge in [0.1, 0.15) is 0 Å². The van der Waals surface area contributed by atoms with Gasteiger partial charge in [-0.15, -0.1) is 11.8 Å². The number of nitrogens with zero attached hydrogens (tertiary/aromatic N) is 1. The molecule has 0 aliphatic heterocycles. The molecular weight excluding hydrogens is 273 g/mol. The van der Waals surface area contributed by atoms with Gasteiger partial charge in [0.25, 0.3) is 0 Å². The average molecular weight is 283 g/mol. The summed E-state index contributed by atoms with van der Waals surface area (Å²) in [5.41, 5.74) is 0. The van der Waals surface area contributed by atoms with E-state index in [9.17, 15) is 0 Å². The van der Waals surface area contributed by atoms with Gasteiger partial charge in [-0.3, -0.25) is 0 Å². The van der Waals surface area contributed by atoms with E-state index in [2.05, 4.69) is 41.6 Å². The van der Waals surface area contributed by atoms with E-state index in [-0.39, 0.29) is 0 Å². The zero-order valence-corrected chi connectivity index (χ0v) is 9.69. The largest absolute Gasteiger partial charge is 0.359 e. The van der Waals surface area contributed by atoms with Crippen molar-refractivity contribution in [2.45, 2.75) is 24.8 Å². The highest BCUT2D eigenvalue weighted by Gasteiger charge is 2.14. The monoisotopic (exact) mass is 283 g/mol. The molecule has 0 N–H and O–H groups in total. The second kappa shape index (κ2) is 3.80. The Morgan fingerprint density at radius 1 is 1.55 bits per heavy atom. The molecule has 0 fully saturated rings. The van der Waals surface area contributed by atoms with Crippen molar-refractivity contribution in [3.8, 4) is 0 Å². The number of hydrogen-bond acceptors (Lipinski definition) is 3. The van der Waals surface area contributed by atoms with Gasteiger partial charge in [0.15, 0.2) is 10.8 Å². The Morgan fingerprint density at radius 2 is 2.18 bits per heavy atom. The van der Waals surface area contributed by atoms with Gasteiger partial charge in [-0.05, 0) is 28.8 Å². The van der Waals surface area contributed by atoms with Crippen LogP contribution in [0.15, 0.2) is 9.55 Å². The van der Waals surface area contributed by atoms with Gasteiger partial charge >= 0.3 is 0 Å². The fourth-order valence-electron chi connectivity index (χ4n) is 0.762. The number of aromatic nitrogens is 1. The van der Waals surface area contributed by atoms with Gasteiger partial charge in [-0.25, -0.2) is 0 Å². The Kier molecular flexibility index (Phi) is 3.24. The lowest BCUT2D eigenvalue weighted by Crippen LogP contribution is -1.85. The van der Waals surface area contributed by atoms with E-state index in [0.29, 0.717) is 5.92 Å². The lowest BCUT2D eigenvalue weighted by Gasteiger charge is -1.96. The minimum atomic E-state index is 0.426. The normalized spacial score (nSPS) is 11.0. The second-order valence-electron chi connectivity index (χ2n) is 2.52. The molecule has 0 unspecified atom stereocenters. The van der Waals surface area contributed by atoms with Crippen LogP contribution in [0.3, 0.4) is 0 Å². The molecule has 11 heavy (non-hydrogen) atoms. The summed E-state index contributed by atoms with van der Waals surface area (Å²) < 4.78 is 6.33. The van der Waals surface area contributed by atoms with Crippen molar-refractivity contribution < 1.29 is 4.52 Å². The maximum absolute atomic E-state index is 5.17. The fourth-order valence-corrected chi connectivity index (χ4v) is 2.63. The smallest absolute Gasteiger partial charge is 0.153 e. The van der Waals surface area contributed by atoms with Crippen molar-refractivity contribution in [1.82, 2.24) is 5.16 Å². The molecule has 4 heteroatoms. The van der Waals surface area contributed by atoms with Gasteiger partial charge in [-0.1, -0.05) is 19.0 Å². The van der Waals surface area contributed by atoms with Crippen LogP contribution in [0.4, 0.5) is 0 Å². The first kappa shape index (κ1) is 9.38. The molecule has 0 aliphatic rings. The van der Waals surface area contributed by atoms with Crippen LogP contribution >= 0.6 is 34.4 Å². The van der Waals surface area contributed by atoms with Gasteiger partial charge < -0.3 is 4.52 Å². The van der Waals surface area contributed by atoms with Crippen molar-refractivity contribution in [3.63, 3.8) is 0 Å². The fraction of sp³-hybridized carbons (Fsp3) is 0.571. The minimum absolute atomic E-state index is 0.426. The van der Waals surface area contributed by atoms with E-state index in [4.69, 9.17) is 4.52 Å². The summed E-state index contributed by atoms with van der Waals surface area (Å²) in [4.78, 5) is 0. The standard InChI is InChI=1S/C7H10INOS/c1-4(2)6-5(8)7(11-3)9-10-6/h4H,1-3H3. The molecule has 0 aliphatic carbocycles. The van der Waals surface area contributed by atoms with Crippen LogP contribution in [0.1, 0.15) is 25.5 Å². The van der Waals surface area contributed by atoms with Crippen LogP contribution in [-0.2, 0) is 0 Å². The Morgan fingerprint density at radius 3 is 2.45 bits per heavy atom. The summed E-state index contributed by atoms with van der Waals surface area (Å²) in [6.07, 6.45) is 2.00. The third kappa shape index (κ3) is 1.90. The SMILES string of the molecule is CSc1noc(C(C)C)c1I. The lowest BCUT2D eigenvalue weighted by molar-refractivity contribution is 0.359. The van der Waals surface area contributed by atoms with E-state index >= 15 is 0 Å². The predicted molar refractivity (Wildman–Crippen MR) is 55.1 cm³/mol. The topological polar surface area (TPSA) is 26.0 Å². The Hall–Kier alpha value is 0.290. The maximum atomic E-state index is 5.17. The average Bonchev–Trinajstić information content (AvgIpc) is 2.30. The Balaban J connectivity index is 3.00. The summed E-state index contributed by atoms with van der Waals surface area (Å²) >= 11 is 3.90. The number of hydrogen-bond donors (Lipinski definition) is 0. The molecule has 2 nitrogen and oxygen atoms in total. The first-order valence-electron chi connectivity index (χ1n) is 3.36. The minimum Gasteiger partial charge on any atom is -0.359 e. The zero-order chi connectivity index (χ0) is 8.43. The number of halogens is 1. The third-order valence-corrected chi connectivity index (χ3v) is 3.42. The molecule has 0 radical (unpaired) electrons. The molecule has 0 amide bonds. The maximum Gasteiger partial charge on any atom is 0.153 e. The zero-order valence-electron chi connectivity index (χ0n) is 6.72. The number of thioether (sulfide) groups is 1. The first-order chi connectivity index (χ1) is 5.16. The molecule has 62 valence electrons. The Bertz CT molecular complexity index is 247. The molecule has 1 aromatic rings. The van der Waals surface area contributed by atoms with Gasteiger partial charge in [0.05, 0.1) is 3.57 Å². The molecule has 0 spiro atoms. The van der Waals surface area contributed by atoms with Crippen molar-refractivity contribution in [1.29, 1.82) is 0 Å². The summed E-state index contributed by atoms with van der Waals surface area (Å²) in [7, 11) is 0. The van der Waals surface area contributed by atoms with Crippen LogP contribution in [0.5, 0.6) is 0 Å². The van der Waals surface area contributed by atoms with E-state index in [0.717, 1.165) is 14.4 Å². The van der Waals surface area contributed by atoms with Crippen LogP contribution in [0.25, 0.3) is 0 Å². The molecule has 0 bridgehead atoms. The molecule has 1 rings (SSSR count). The number of rotatable bonds is 2. The summed E-state index contributed by atoms with van der Waals surface area (Å²) in [5, 5.41) is 4.93. The van der Waals surface area contributed by atoms with Crippen LogP contribution in [0.2, 0.25) is 0 Å². The second-order valence-corrected chi connectivity index (χ2v) is 4.40. The molecule has 1 aromatic heterocycles. The summed E-state index contributed by atoms with van der Waals surface area (Å²) in [6, 6.07) is 0. The molecule has 0 saturated carbocycles. The van der Waals surface area contributed by atoms with Crippen LogP contribution in [0, 0.1) is 3.57 Å². The summed E-state index contributed by atoms with van der Waals surface area (Å²) in [5.74, 6) is 1.42. The van der Waals surface area contributed by atoms with E-state index in [1.807, 2.05) is 6.26 Å². The molecule has 1 heterocycles. The molecule has 0 atom stereocenters. The van der Waals surface area contributed by atoms with Crippen molar-refractivity contribution in [2.24, 2.45) is 0 Å². The van der Waals surface area contributed by atoms with E-state index in [1.54, 1.807) is 11.8 Å². The van der Waals surface area contributed by atoms with Crippen molar-refractivity contribution in [3.05, 3.63) is 9.33 Å². The lowest BCUT2D eigenvalue weighted by atomic mass is 10.2.